The second-order valence-electron chi connectivity index (χ2n) is 6.15. The molecule has 0 saturated carbocycles. The van der Waals surface area contributed by atoms with E-state index in [1.54, 1.807) is 19.1 Å². The first-order valence-corrected chi connectivity index (χ1v) is 8.22. The monoisotopic (exact) mass is 347 g/mol. The molecule has 0 radical (unpaired) electrons. The Hall–Kier alpha value is -3.46. The number of benzene rings is 2. The average Bonchev–Trinajstić information content (AvgIpc) is 2.65. The second kappa shape index (κ2) is 7.19. The van der Waals surface area contributed by atoms with E-state index in [9.17, 15) is 14.7 Å². The summed E-state index contributed by atoms with van der Waals surface area (Å²) in [7, 11) is 0. The topological polar surface area (TPSA) is 103 Å². The third-order valence-corrected chi connectivity index (χ3v) is 4.23. The van der Waals surface area contributed by atoms with Crippen molar-refractivity contribution in [1.82, 2.24) is 10.3 Å². The molecule has 3 rings (SSSR count). The number of carbonyl (C=O) groups excluding carboxylic acids is 1. The zero-order valence-electron chi connectivity index (χ0n) is 14.1. The summed E-state index contributed by atoms with van der Waals surface area (Å²) in [5, 5.41) is 22.2. The molecule has 0 aliphatic carbocycles. The van der Waals surface area contributed by atoms with E-state index >= 15 is 0 Å². The van der Waals surface area contributed by atoms with Gasteiger partial charge in [-0.3, -0.25) is 4.79 Å². The number of carboxylic acids is 1. The van der Waals surface area contributed by atoms with Gasteiger partial charge in [0.2, 0.25) is 0 Å². The third kappa shape index (κ3) is 3.33. The number of aromatic nitrogens is 1. The minimum atomic E-state index is -1.16. The maximum Gasteiger partial charge on any atom is 0.326 e. The quantitative estimate of drug-likeness (QED) is 0.690. The van der Waals surface area contributed by atoms with Crippen molar-refractivity contribution >= 4 is 33.7 Å². The number of para-hydroxylation sites is 2. The van der Waals surface area contributed by atoms with Crippen LogP contribution < -0.4 is 5.32 Å². The van der Waals surface area contributed by atoms with Gasteiger partial charge in [0.15, 0.2) is 0 Å². The van der Waals surface area contributed by atoms with Crippen molar-refractivity contribution in [1.29, 1.82) is 5.26 Å². The number of carboxylic acid groups (broad SMARTS) is 1. The lowest BCUT2D eigenvalue weighted by Crippen LogP contribution is -2.41. The third-order valence-electron chi connectivity index (χ3n) is 4.23. The first-order valence-electron chi connectivity index (χ1n) is 8.22. The van der Waals surface area contributed by atoms with E-state index in [2.05, 4.69) is 10.3 Å². The summed E-state index contributed by atoms with van der Waals surface area (Å²) < 4.78 is 0. The van der Waals surface area contributed by atoms with E-state index < -0.39 is 23.8 Å². The number of aliphatic carboxylic acids is 1. The van der Waals surface area contributed by atoms with Crippen LogP contribution in [0.1, 0.15) is 23.7 Å². The lowest BCUT2D eigenvalue weighted by Gasteiger charge is -2.17. The van der Waals surface area contributed by atoms with Crippen molar-refractivity contribution in [2.24, 2.45) is 5.92 Å². The lowest BCUT2D eigenvalue weighted by molar-refractivity contribution is -0.139. The van der Waals surface area contributed by atoms with Crippen molar-refractivity contribution in [2.75, 3.05) is 0 Å². The number of carbonyl (C=O) groups is 2. The smallest absolute Gasteiger partial charge is 0.326 e. The Bertz CT molecular complexity index is 985. The van der Waals surface area contributed by atoms with E-state index in [4.69, 9.17) is 5.26 Å². The largest absolute Gasteiger partial charge is 0.480 e. The van der Waals surface area contributed by atoms with Gasteiger partial charge in [-0.15, -0.1) is 0 Å². The minimum Gasteiger partial charge on any atom is -0.480 e. The molecule has 0 spiro atoms. The first kappa shape index (κ1) is 17.4. The van der Waals surface area contributed by atoms with Crippen molar-refractivity contribution < 1.29 is 14.7 Å². The summed E-state index contributed by atoms with van der Waals surface area (Å²) in [6.45, 7) is 1.62. The van der Waals surface area contributed by atoms with E-state index in [1.165, 1.54) is 0 Å². The standard InChI is InChI=1S/C20H17N3O3/c1-12(11-21)10-17(20(25)26)23-19(24)18-13-6-2-4-8-15(13)22-16-9-5-3-7-14(16)18/h2-9,12,17H,10H2,1H3,(H,23,24)(H,25,26)/t12-,17-/m0/s1. The van der Waals surface area contributed by atoms with Gasteiger partial charge in [-0.05, 0) is 25.5 Å². The molecule has 0 bridgehead atoms. The van der Waals surface area contributed by atoms with E-state index in [0.29, 0.717) is 27.4 Å². The molecule has 0 fully saturated rings. The Morgan fingerprint density at radius 2 is 1.65 bits per heavy atom. The van der Waals surface area contributed by atoms with E-state index in [1.807, 2.05) is 42.5 Å². The zero-order valence-corrected chi connectivity index (χ0v) is 14.1. The Morgan fingerprint density at radius 3 is 2.15 bits per heavy atom. The van der Waals surface area contributed by atoms with Gasteiger partial charge in [-0.25, -0.2) is 9.78 Å². The minimum absolute atomic E-state index is 0.0402. The van der Waals surface area contributed by atoms with Gasteiger partial charge in [0.05, 0.1) is 22.7 Å². The predicted molar refractivity (Wildman–Crippen MR) is 97.5 cm³/mol. The fourth-order valence-corrected chi connectivity index (χ4v) is 2.94. The normalized spacial score (nSPS) is 13.1. The fourth-order valence-electron chi connectivity index (χ4n) is 2.94. The Kier molecular flexibility index (Phi) is 4.81. The molecule has 6 nitrogen and oxygen atoms in total. The molecule has 0 saturated heterocycles. The maximum atomic E-state index is 13.0. The molecule has 2 N–H and O–H groups in total. The highest BCUT2D eigenvalue weighted by molar-refractivity contribution is 6.16. The maximum absolute atomic E-state index is 13.0. The average molecular weight is 347 g/mol. The van der Waals surface area contributed by atoms with Crippen molar-refractivity contribution in [3.05, 3.63) is 54.1 Å². The van der Waals surface area contributed by atoms with E-state index in [0.717, 1.165) is 0 Å². The molecule has 26 heavy (non-hydrogen) atoms. The van der Waals surface area contributed by atoms with Crippen LogP contribution in [0.3, 0.4) is 0 Å². The summed E-state index contributed by atoms with van der Waals surface area (Å²) in [4.78, 5) is 29.0. The van der Waals surface area contributed by atoms with Crippen LogP contribution in [-0.4, -0.2) is 28.0 Å². The summed E-state index contributed by atoms with van der Waals surface area (Å²) in [6.07, 6.45) is 0.0402. The summed E-state index contributed by atoms with van der Waals surface area (Å²) >= 11 is 0. The number of amides is 1. The Labute approximate surface area is 150 Å². The SMILES string of the molecule is C[C@H](C#N)C[C@H](NC(=O)c1c2ccccc2nc2ccccc12)C(=O)O. The van der Waals surface area contributed by atoms with E-state index in [-0.39, 0.29) is 6.42 Å². The van der Waals surface area contributed by atoms with Crippen LogP contribution >= 0.6 is 0 Å². The number of hydrogen-bond acceptors (Lipinski definition) is 4. The van der Waals surface area contributed by atoms with Gasteiger partial charge in [0, 0.05) is 16.7 Å². The summed E-state index contributed by atoms with van der Waals surface area (Å²) in [6, 6.07) is 15.3. The van der Waals surface area contributed by atoms with Crippen molar-refractivity contribution in [3.63, 3.8) is 0 Å². The number of pyridine rings is 1. The molecule has 2 aromatic carbocycles. The van der Waals surface area contributed by atoms with Crippen LogP contribution in [0.25, 0.3) is 21.8 Å². The molecule has 1 amide bonds. The highest BCUT2D eigenvalue weighted by Crippen LogP contribution is 2.26. The second-order valence-corrected chi connectivity index (χ2v) is 6.15. The fraction of sp³-hybridized carbons (Fsp3) is 0.200. The zero-order chi connectivity index (χ0) is 18.7. The van der Waals surface area contributed by atoms with Crippen LogP contribution in [0.2, 0.25) is 0 Å². The molecule has 1 heterocycles. The van der Waals surface area contributed by atoms with Crippen molar-refractivity contribution in [3.8, 4) is 6.07 Å². The molecular formula is C20H17N3O3. The molecular weight excluding hydrogens is 330 g/mol. The van der Waals surface area contributed by atoms with Crippen LogP contribution in [0.4, 0.5) is 0 Å². The molecule has 1 aromatic heterocycles. The van der Waals surface area contributed by atoms with Gasteiger partial charge < -0.3 is 10.4 Å². The number of fused-ring (bicyclic) bond motifs is 2. The van der Waals surface area contributed by atoms with Gasteiger partial charge in [-0.2, -0.15) is 5.26 Å². The van der Waals surface area contributed by atoms with Crippen molar-refractivity contribution in [2.45, 2.75) is 19.4 Å². The predicted octanol–water partition coefficient (Wildman–Crippen LogP) is 3.12. The highest BCUT2D eigenvalue weighted by Gasteiger charge is 2.25. The van der Waals surface area contributed by atoms with Crippen LogP contribution in [0, 0.1) is 17.2 Å². The molecule has 6 heteroatoms. The Morgan fingerprint density at radius 1 is 1.12 bits per heavy atom. The molecule has 3 aromatic rings. The summed E-state index contributed by atoms with van der Waals surface area (Å²) in [5.41, 5.74) is 1.71. The number of rotatable bonds is 5. The number of nitrogens with one attached hydrogen (secondary N) is 1. The number of hydrogen-bond donors (Lipinski definition) is 2. The Balaban J connectivity index is 2.09. The number of nitrogens with zero attached hydrogens (tertiary/aromatic N) is 2. The molecule has 0 unspecified atom stereocenters. The molecule has 0 aliphatic rings. The van der Waals surface area contributed by atoms with Gasteiger partial charge in [0.25, 0.3) is 5.91 Å². The van der Waals surface area contributed by atoms with Crippen LogP contribution in [0.15, 0.2) is 48.5 Å². The number of nitriles is 1. The lowest BCUT2D eigenvalue weighted by atomic mass is 10.00. The van der Waals surface area contributed by atoms with Gasteiger partial charge in [-0.1, -0.05) is 36.4 Å². The van der Waals surface area contributed by atoms with Gasteiger partial charge >= 0.3 is 5.97 Å². The van der Waals surface area contributed by atoms with Crippen LogP contribution in [-0.2, 0) is 4.79 Å². The van der Waals surface area contributed by atoms with Gasteiger partial charge in [0.1, 0.15) is 6.04 Å². The van der Waals surface area contributed by atoms with Crippen LogP contribution in [0.5, 0.6) is 0 Å². The molecule has 2 atom stereocenters. The highest BCUT2D eigenvalue weighted by atomic mass is 16.4. The molecule has 130 valence electrons. The molecule has 0 aliphatic heterocycles. The summed E-state index contributed by atoms with van der Waals surface area (Å²) in [5.74, 6) is -2.14. The first-order chi connectivity index (χ1) is 12.5.